The number of piperazine rings is 1. The number of hydrogen-bond donors (Lipinski definition) is 4. The maximum atomic E-state index is 9.53. The molecule has 2 aromatic heterocycles. The highest BCUT2D eigenvalue weighted by Gasteiger charge is 2.39. The first-order chi connectivity index (χ1) is 23.9. The molecule has 5 aromatic rings. The van der Waals surface area contributed by atoms with Crippen molar-refractivity contribution >= 4 is 28.7 Å². The SMILES string of the molecule is Cc1c(COc2cc(OCc3cncc(C#N)c3)c(CNC(CO)CO)cc2Cl)cccc1-c1ccc2oc(N3C[C@@H]4C[C@H]3CN4)nc2c1. The third-order valence-corrected chi connectivity index (χ3v) is 9.57. The van der Waals surface area contributed by atoms with Crippen LogP contribution in [0, 0.1) is 18.3 Å². The van der Waals surface area contributed by atoms with E-state index in [0.717, 1.165) is 58.4 Å². The molecule has 7 rings (SSSR count). The molecular weight excluding hydrogens is 644 g/mol. The Morgan fingerprint density at radius 3 is 2.71 bits per heavy atom. The molecular formula is C37H37ClN6O5. The molecule has 49 heavy (non-hydrogen) atoms. The lowest BCUT2D eigenvalue weighted by Gasteiger charge is -2.25. The van der Waals surface area contributed by atoms with Crippen LogP contribution in [0.3, 0.4) is 0 Å². The molecule has 252 valence electrons. The van der Waals surface area contributed by atoms with Crippen LogP contribution in [0.25, 0.3) is 22.2 Å². The highest BCUT2D eigenvalue weighted by molar-refractivity contribution is 6.32. The molecule has 3 aromatic carbocycles. The maximum absolute atomic E-state index is 9.53. The Morgan fingerprint density at radius 2 is 1.94 bits per heavy atom. The van der Waals surface area contributed by atoms with Gasteiger partial charge < -0.3 is 39.6 Å². The molecule has 2 saturated heterocycles. The summed E-state index contributed by atoms with van der Waals surface area (Å²) in [5.74, 6) is 0.949. The van der Waals surface area contributed by atoms with E-state index in [2.05, 4.69) is 51.7 Å². The molecule has 11 nitrogen and oxygen atoms in total. The largest absolute Gasteiger partial charge is 0.488 e. The zero-order chi connectivity index (χ0) is 33.9. The van der Waals surface area contributed by atoms with E-state index in [1.807, 2.05) is 18.2 Å². The van der Waals surface area contributed by atoms with Gasteiger partial charge in [0.2, 0.25) is 0 Å². The van der Waals surface area contributed by atoms with E-state index < -0.39 is 6.04 Å². The number of oxazole rings is 1. The van der Waals surface area contributed by atoms with Crippen molar-refractivity contribution in [1.82, 2.24) is 20.6 Å². The highest BCUT2D eigenvalue weighted by atomic mass is 35.5. The Morgan fingerprint density at radius 1 is 1.08 bits per heavy atom. The third-order valence-electron chi connectivity index (χ3n) is 9.27. The fourth-order valence-corrected chi connectivity index (χ4v) is 6.74. The number of nitrogens with one attached hydrogen (secondary N) is 2. The van der Waals surface area contributed by atoms with E-state index in [1.54, 1.807) is 24.4 Å². The van der Waals surface area contributed by atoms with Crippen molar-refractivity contribution in [1.29, 1.82) is 5.26 Å². The smallest absolute Gasteiger partial charge is 0.298 e. The summed E-state index contributed by atoms with van der Waals surface area (Å²) in [5, 5.41) is 35.3. The summed E-state index contributed by atoms with van der Waals surface area (Å²) in [6, 6.07) is 20.7. The molecule has 0 radical (unpaired) electrons. The first-order valence-corrected chi connectivity index (χ1v) is 16.7. The minimum Gasteiger partial charge on any atom is -0.488 e. The van der Waals surface area contributed by atoms with Gasteiger partial charge in [-0.3, -0.25) is 4.98 Å². The van der Waals surface area contributed by atoms with Gasteiger partial charge in [-0.25, -0.2) is 0 Å². The number of aromatic nitrogens is 2. The predicted molar refractivity (Wildman–Crippen MR) is 186 cm³/mol. The Balaban J connectivity index is 1.10. The number of ether oxygens (including phenoxy) is 2. The number of aliphatic hydroxyl groups excluding tert-OH is 2. The standard InChI is InChI=1S/C37H37ClN6O5/c1-22-26(3-2-4-31(22)25-5-6-34-33(9-25)43-37(49-34)44-17-28-10-30(44)16-42-28)21-48-36-11-35(47-20-24-7-23(12-39)13-40-14-24)27(8-32(36)38)15-41-29(18-45)19-46/h2-9,11,13-14,28-30,41-42,45-46H,10,15-21H2,1H3/t28-,30-/m0/s1. The minimum atomic E-state index is -0.501. The number of nitriles is 1. The van der Waals surface area contributed by atoms with Gasteiger partial charge in [0.15, 0.2) is 5.58 Å². The summed E-state index contributed by atoms with van der Waals surface area (Å²) in [5.41, 5.74) is 7.67. The van der Waals surface area contributed by atoms with Crippen LogP contribution in [0.2, 0.25) is 5.02 Å². The lowest BCUT2D eigenvalue weighted by molar-refractivity contribution is 0.170. The molecule has 0 aliphatic carbocycles. The fourth-order valence-electron chi connectivity index (χ4n) is 6.50. The molecule has 2 aliphatic heterocycles. The molecule has 0 saturated carbocycles. The molecule has 0 spiro atoms. The summed E-state index contributed by atoms with van der Waals surface area (Å²) < 4.78 is 18.6. The van der Waals surface area contributed by atoms with Gasteiger partial charge in [-0.1, -0.05) is 35.9 Å². The second-order valence-corrected chi connectivity index (χ2v) is 12.9. The highest BCUT2D eigenvalue weighted by Crippen LogP contribution is 2.36. The van der Waals surface area contributed by atoms with Gasteiger partial charge in [0, 0.05) is 61.3 Å². The van der Waals surface area contributed by atoms with Gasteiger partial charge in [0.05, 0.1) is 29.8 Å². The Kier molecular flexibility index (Phi) is 9.66. The molecule has 12 heteroatoms. The van der Waals surface area contributed by atoms with Crippen molar-refractivity contribution in [2.45, 2.75) is 51.2 Å². The van der Waals surface area contributed by atoms with E-state index in [-0.39, 0.29) is 33.0 Å². The average Bonchev–Trinajstić information content (AvgIpc) is 3.88. The van der Waals surface area contributed by atoms with Gasteiger partial charge in [0.1, 0.15) is 36.3 Å². The summed E-state index contributed by atoms with van der Waals surface area (Å²) in [6.45, 7) is 4.23. The van der Waals surface area contributed by atoms with Gasteiger partial charge in [-0.05, 0) is 59.9 Å². The number of aliphatic hydroxyl groups is 2. The summed E-state index contributed by atoms with van der Waals surface area (Å²) in [4.78, 5) is 11.3. The number of halogens is 1. The molecule has 2 atom stereocenters. The van der Waals surface area contributed by atoms with Crippen LogP contribution in [0.1, 0.15) is 34.2 Å². The number of anilines is 1. The summed E-state index contributed by atoms with van der Waals surface area (Å²) in [7, 11) is 0. The molecule has 4 heterocycles. The molecule has 2 fully saturated rings. The van der Waals surface area contributed by atoms with Crippen LogP contribution in [0.5, 0.6) is 11.5 Å². The fraction of sp³-hybridized carbons (Fsp3) is 0.324. The Hall–Kier alpha value is -4.70. The van der Waals surface area contributed by atoms with Crippen LogP contribution in [-0.2, 0) is 19.8 Å². The lowest BCUT2D eigenvalue weighted by Crippen LogP contribution is -2.43. The normalized spacial score (nSPS) is 16.9. The second kappa shape index (κ2) is 14.4. The second-order valence-electron chi connectivity index (χ2n) is 12.5. The average molecular weight is 681 g/mol. The number of benzene rings is 3. The van der Waals surface area contributed by atoms with E-state index in [4.69, 9.17) is 30.5 Å². The van der Waals surface area contributed by atoms with Gasteiger partial charge in [-0.15, -0.1) is 0 Å². The van der Waals surface area contributed by atoms with Crippen molar-refractivity contribution in [2.24, 2.45) is 0 Å². The maximum Gasteiger partial charge on any atom is 0.298 e. The van der Waals surface area contributed by atoms with Crippen LogP contribution in [-0.4, -0.2) is 64.6 Å². The molecule has 0 unspecified atom stereocenters. The van der Waals surface area contributed by atoms with E-state index >= 15 is 0 Å². The van der Waals surface area contributed by atoms with E-state index in [9.17, 15) is 15.5 Å². The topological polar surface area (TPSA) is 149 Å². The van der Waals surface area contributed by atoms with Crippen LogP contribution < -0.4 is 25.0 Å². The molecule has 2 bridgehead atoms. The van der Waals surface area contributed by atoms with Crippen molar-refractivity contribution in [2.75, 3.05) is 31.2 Å². The first-order valence-electron chi connectivity index (χ1n) is 16.3. The van der Waals surface area contributed by atoms with E-state index in [0.29, 0.717) is 45.7 Å². The van der Waals surface area contributed by atoms with Gasteiger partial charge >= 0.3 is 0 Å². The monoisotopic (exact) mass is 680 g/mol. The number of rotatable bonds is 13. The molecule has 4 N–H and O–H groups in total. The van der Waals surface area contributed by atoms with Gasteiger partial charge in [-0.2, -0.15) is 10.2 Å². The lowest BCUT2D eigenvalue weighted by atomic mass is 9.96. The number of nitrogens with zero attached hydrogens (tertiary/aromatic N) is 4. The predicted octanol–water partition coefficient (Wildman–Crippen LogP) is 4.87. The Labute approximate surface area is 289 Å². The quantitative estimate of drug-likeness (QED) is 0.135. The molecule has 2 aliphatic rings. The molecule has 0 amide bonds. The zero-order valence-corrected chi connectivity index (χ0v) is 27.8. The number of pyridine rings is 1. The van der Waals surface area contributed by atoms with Crippen molar-refractivity contribution in [3.8, 4) is 28.7 Å². The zero-order valence-electron chi connectivity index (χ0n) is 27.0. The van der Waals surface area contributed by atoms with Crippen molar-refractivity contribution < 1.29 is 24.1 Å². The number of hydrogen-bond acceptors (Lipinski definition) is 11. The Bertz CT molecular complexity index is 2010. The van der Waals surface area contributed by atoms with Crippen molar-refractivity contribution in [3.05, 3.63) is 99.8 Å². The third kappa shape index (κ3) is 7.06. The minimum absolute atomic E-state index is 0.162. The number of fused-ring (bicyclic) bond motifs is 3. The van der Waals surface area contributed by atoms with Crippen molar-refractivity contribution in [3.63, 3.8) is 0 Å². The summed E-state index contributed by atoms with van der Waals surface area (Å²) in [6.07, 6.45) is 4.26. The van der Waals surface area contributed by atoms with Gasteiger partial charge in [0.25, 0.3) is 6.01 Å². The van der Waals surface area contributed by atoms with Crippen LogP contribution in [0.4, 0.5) is 6.01 Å². The first kappa shape index (κ1) is 32.8. The van der Waals surface area contributed by atoms with E-state index in [1.165, 1.54) is 6.20 Å². The summed E-state index contributed by atoms with van der Waals surface area (Å²) >= 11 is 6.72. The van der Waals surface area contributed by atoms with Crippen LogP contribution in [0.15, 0.2) is 71.4 Å². The van der Waals surface area contributed by atoms with Crippen LogP contribution >= 0.6 is 11.6 Å².